The molecular weight excluding hydrogens is 502 g/mol. The molecule has 0 radical (unpaired) electrons. The third-order valence-corrected chi connectivity index (χ3v) is 6.13. The first-order chi connectivity index (χ1) is 17.2. The lowest BCUT2D eigenvalue weighted by Crippen LogP contribution is -3.00. The lowest BCUT2D eigenvalue weighted by Gasteiger charge is -2.18. The summed E-state index contributed by atoms with van der Waals surface area (Å²) in [6.45, 7) is 1.34. The number of aliphatic carboxylic acids is 1. The number of aromatic amines is 2. The van der Waals surface area contributed by atoms with Gasteiger partial charge in [-0.15, -0.1) is 0 Å². The third-order valence-electron chi connectivity index (χ3n) is 6.13. The quantitative estimate of drug-likeness (QED) is 0.253. The van der Waals surface area contributed by atoms with Crippen molar-refractivity contribution in [3.8, 4) is 17.0 Å². The minimum atomic E-state index is -1.05. The smallest absolute Gasteiger partial charge is 0.348 e. The van der Waals surface area contributed by atoms with Gasteiger partial charge in [0.1, 0.15) is 6.20 Å². The van der Waals surface area contributed by atoms with E-state index in [2.05, 4.69) is 25.6 Å². The summed E-state index contributed by atoms with van der Waals surface area (Å²) in [7, 11) is 1.56. The maximum atomic E-state index is 12.9. The van der Waals surface area contributed by atoms with Crippen molar-refractivity contribution in [3.05, 3.63) is 76.1 Å². The molecule has 37 heavy (non-hydrogen) atoms. The number of aromatic nitrogens is 3. The molecule has 0 bridgehead atoms. The molecule has 0 aliphatic heterocycles. The van der Waals surface area contributed by atoms with Crippen molar-refractivity contribution in [2.24, 2.45) is 5.92 Å². The van der Waals surface area contributed by atoms with Crippen LogP contribution in [0, 0.1) is 5.92 Å². The number of carboxylic acids is 1. The highest BCUT2D eigenvalue weighted by Crippen LogP contribution is 2.46. The number of nitrogens with zero attached hydrogens (tertiary/aromatic N) is 1. The number of carboxylic acid groups (broad SMARTS) is 1. The molecule has 1 atom stereocenters. The number of carbonyl (C=O) groups is 3. The van der Waals surface area contributed by atoms with Crippen molar-refractivity contribution in [3.63, 3.8) is 0 Å². The number of halogens is 1. The van der Waals surface area contributed by atoms with Crippen LogP contribution >= 0.6 is 0 Å². The first-order valence-electron chi connectivity index (χ1n) is 11.3. The number of hydrogen-bond donors (Lipinski definition) is 4. The van der Waals surface area contributed by atoms with Gasteiger partial charge < -0.3 is 32.9 Å². The van der Waals surface area contributed by atoms with E-state index in [1.807, 2.05) is 30.3 Å². The fourth-order valence-electron chi connectivity index (χ4n) is 3.69. The van der Waals surface area contributed by atoms with E-state index in [0.717, 1.165) is 29.5 Å². The number of hydrogen-bond acceptors (Lipinski definition) is 6. The fraction of sp³-hybridized carbons (Fsp3) is 0.280. The van der Waals surface area contributed by atoms with Crippen molar-refractivity contribution in [2.75, 3.05) is 13.7 Å². The molecule has 12 heteroatoms. The molecule has 2 aromatic heterocycles. The minimum Gasteiger partial charge on any atom is -1.00 e. The van der Waals surface area contributed by atoms with Crippen molar-refractivity contribution in [1.82, 2.24) is 20.6 Å². The number of rotatable bonds is 9. The number of nitrogens with one attached hydrogen (secondary N) is 4. The second kappa shape index (κ2) is 11.2. The summed E-state index contributed by atoms with van der Waals surface area (Å²) < 4.78 is 5.09. The normalized spacial score (nSPS) is 14.0. The Morgan fingerprint density at radius 1 is 1.14 bits per heavy atom. The number of benzene rings is 1. The largest absolute Gasteiger partial charge is 1.00 e. The molecule has 1 saturated carbocycles. The molecule has 0 unspecified atom stereocenters. The SMILES string of the molecule is COc1ccc(-c2ccc(C3(NC(=O)c4c[nH+]c(C(=O)NC[C@@H](C)C(=O)O)[nH]c4=O)CC3)cc2)cn1.[Cl-]. The van der Waals surface area contributed by atoms with Gasteiger partial charge >= 0.3 is 23.3 Å². The second-order valence-electron chi connectivity index (χ2n) is 8.68. The van der Waals surface area contributed by atoms with Crippen LogP contribution in [-0.4, -0.2) is 46.5 Å². The Bertz CT molecular complexity index is 1350. The average Bonchev–Trinajstić information content (AvgIpc) is 3.67. The van der Waals surface area contributed by atoms with E-state index in [1.165, 1.54) is 13.1 Å². The first-order valence-corrected chi connectivity index (χ1v) is 11.3. The van der Waals surface area contributed by atoms with Crippen LogP contribution in [0.2, 0.25) is 0 Å². The average molecular weight is 528 g/mol. The number of ether oxygens (including phenoxy) is 1. The van der Waals surface area contributed by atoms with E-state index in [1.54, 1.807) is 19.4 Å². The van der Waals surface area contributed by atoms with Gasteiger partial charge in [-0.2, -0.15) is 0 Å². The summed E-state index contributed by atoms with van der Waals surface area (Å²) in [5, 5.41) is 14.3. The van der Waals surface area contributed by atoms with Crippen LogP contribution in [0.3, 0.4) is 0 Å². The topological polar surface area (TPSA) is 165 Å². The van der Waals surface area contributed by atoms with Gasteiger partial charge in [0.25, 0.3) is 5.91 Å². The van der Waals surface area contributed by atoms with Crippen LogP contribution in [0.1, 0.15) is 46.3 Å². The number of methoxy groups -OCH3 is 1. The van der Waals surface area contributed by atoms with Crippen LogP contribution in [0.4, 0.5) is 0 Å². The molecule has 5 N–H and O–H groups in total. The van der Waals surface area contributed by atoms with Gasteiger partial charge in [-0.25, -0.2) is 19.7 Å². The van der Waals surface area contributed by atoms with Crippen molar-refractivity contribution in [2.45, 2.75) is 25.3 Å². The van der Waals surface area contributed by atoms with Crippen LogP contribution in [-0.2, 0) is 10.3 Å². The van der Waals surface area contributed by atoms with Gasteiger partial charge in [-0.3, -0.25) is 14.4 Å². The maximum absolute atomic E-state index is 12.9. The molecule has 1 aliphatic carbocycles. The summed E-state index contributed by atoms with van der Waals surface area (Å²) in [6, 6.07) is 11.5. The maximum Gasteiger partial charge on any atom is 0.348 e. The number of amides is 2. The summed E-state index contributed by atoms with van der Waals surface area (Å²) in [4.78, 5) is 57.6. The predicted octanol–water partition coefficient (Wildman–Crippen LogP) is -1.87. The molecule has 194 valence electrons. The number of H-pyrrole nitrogens is 2. The summed E-state index contributed by atoms with van der Waals surface area (Å²) in [6.07, 6.45) is 4.35. The van der Waals surface area contributed by atoms with Gasteiger partial charge in [0.05, 0.1) is 18.6 Å². The Kier molecular flexibility index (Phi) is 8.28. The van der Waals surface area contributed by atoms with Gasteiger partial charge in [0.2, 0.25) is 5.88 Å². The molecule has 0 spiro atoms. The molecule has 1 aliphatic rings. The summed E-state index contributed by atoms with van der Waals surface area (Å²) in [5.74, 6) is -2.75. The van der Waals surface area contributed by atoms with Crippen LogP contribution in [0.5, 0.6) is 5.88 Å². The van der Waals surface area contributed by atoms with Crippen LogP contribution < -0.4 is 38.3 Å². The number of pyridine rings is 1. The second-order valence-corrected chi connectivity index (χ2v) is 8.68. The third kappa shape index (κ3) is 6.12. The van der Waals surface area contributed by atoms with Crippen molar-refractivity contribution < 1.29 is 41.6 Å². The molecule has 0 saturated heterocycles. The minimum absolute atomic E-state index is 0. The van der Waals surface area contributed by atoms with E-state index in [4.69, 9.17) is 9.84 Å². The lowest BCUT2D eigenvalue weighted by atomic mass is 10.00. The van der Waals surface area contributed by atoms with E-state index >= 15 is 0 Å². The zero-order chi connectivity index (χ0) is 25.9. The highest BCUT2D eigenvalue weighted by atomic mass is 35.5. The van der Waals surface area contributed by atoms with Gasteiger partial charge in [0, 0.05) is 24.4 Å². The first kappa shape index (κ1) is 27.3. The Morgan fingerprint density at radius 2 is 1.81 bits per heavy atom. The lowest BCUT2D eigenvalue weighted by molar-refractivity contribution is -0.387. The molecule has 1 aromatic carbocycles. The zero-order valence-electron chi connectivity index (χ0n) is 20.1. The summed E-state index contributed by atoms with van der Waals surface area (Å²) >= 11 is 0. The predicted molar refractivity (Wildman–Crippen MR) is 127 cm³/mol. The monoisotopic (exact) mass is 527 g/mol. The highest BCUT2D eigenvalue weighted by Gasteiger charge is 2.46. The Balaban J connectivity index is 0.00000380. The van der Waals surface area contributed by atoms with E-state index in [9.17, 15) is 19.2 Å². The van der Waals surface area contributed by atoms with Crippen LogP contribution in [0.15, 0.2) is 53.6 Å². The van der Waals surface area contributed by atoms with Crippen molar-refractivity contribution in [1.29, 1.82) is 0 Å². The van der Waals surface area contributed by atoms with Gasteiger partial charge in [-0.1, -0.05) is 31.2 Å². The van der Waals surface area contributed by atoms with E-state index in [-0.39, 0.29) is 30.3 Å². The zero-order valence-corrected chi connectivity index (χ0v) is 20.9. The Morgan fingerprint density at radius 3 is 2.35 bits per heavy atom. The highest BCUT2D eigenvalue weighted by molar-refractivity contribution is 5.95. The summed E-state index contributed by atoms with van der Waals surface area (Å²) in [5.41, 5.74) is 1.35. The van der Waals surface area contributed by atoms with Gasteiger partial charge in [-0.05, 0) is 30.0 Å². The van der Waals surface area contributed by atoms with Gasteiger partial charge in [0.15, 0.2) is 5.56 Å². The van der Waals surface area contributed by atoms with E-state index in [0.29, 0.717) is 5.88 Å². The Labute approximate surface area is 218 Å². The standard InChI is InChI=1S/C25H25N5O6.ClH/c1-14(24(34)35)11-28-23(33)20-27-13-18(21(31)29-20)22(32)30-25(9-10-25)17-6-3-15(4-7-17)16-5-8-19(36-2)26-12-16;/h3-8,12-14H,9-11H2,1-2H3,(H,28,33)(H,30,32)(H,34,35)(H,27,29,31);1H/t14-;/m1./s1. The Hall–Kier alpha value is -4.25. The number of carbonyl (C=O) groups excluding carboxylic acids is 2. The molecule has 3 aromatic rings. The molecule has 2 amide bonds. The molecule has 2 heterocycles. The van der Waals surface area contributed by atoms with E-state index < -0.39 is 34.8 Å². The molecule has 11 nitrogen and oxygen atoms in total. The molecular formula is C25H26ClN5O6. The molecule has 4 rings (SSSR count). The molecule has 1 fully saturated rings. The van der Waals surface area contributed by atoms with Crippen molar-refractivity contribution >= 4 is 17.8 Å². The van der Waals surface area contributed by atoms with Crippen LogP contribution in [0.25, 0.3) is 11.1 Å². The fourth-order valence-corrected chi connectivity index (χ4v) is 3.69.